The molecular formula is C20H23FN2OS2. The van der Waals surface area contributed by atoms with Crippen LogP contribution in [0, 0.1) is 18.7 Å². The number of halogens is 1. The molecule has 0 amide bonds. The Hall–Kier alpha value is -1.66. The minimum Gasteiger partial charge on any atom is -0.301 e. The van der Waals surface area contributed by atoms with Crippen LogP contribution in [0.2, 0.25) is 0 Å². The van der Waals surface area contributed by atoms with Crippen LogP contribution in [-0.4, -0.2) is 9.97 Å². The molecule has 0 unspecified atom stereocenters. The van der Waals surface area contributed by atoms with Gasteiger partial charge in [0.25, 0.3) is 5.56 Å². The molecule has 1 aromatic carbocycles. The minimum atomic E-state index is -0.248. The van der Waals surface area contributed by atoms with Crippen LogP contribution in [0.3, 0.4) is 0 Å². The molecule has 0 bridgehead atoms. The summed E-state index contributed by atoms with van der Waals surface area (Å²) >= 11 is 3.07. The maximum absolute atomic E-state index is 13.1. The molecule has 0 fully saturated rings. The molecule has 0 aliphatic heterocycles. The molecule has 1 N–H and O–H groups in total. The first-order chi connectivity index (χ1) is 12.4. The van der Waals surface area contributed by atoms with Crippen molar-refractivity contribution < 1.29 is 4.39 Å². The van der Waals surface area contributed by atoms with Gasteiger partial charge in [0.1, 0.15) is 10.6 Å². The molecule has 3 aromatic rings. The van der Waals surface area contributed by atoms with Gasteiger partial charge in [-0.1, -0.05) is 44.2 Å². The predicted octanol–water partition coefficient (Wildman–Crippen LogP) is 5.87. The van der Waals surface area contributed by atoms with Gasteiger partial charge in [0.05, 0.1) is 5.39 Å². The van der Waals surface area contributed by atoms with E-state index in [-0.39, 0.29) is 16.6 Å². The number of benzene rings is 1. The Morgan fingerprint density at radius 2 is 1.96 bits per heavy atom. The van der Waals surface area contributed by atoms with E-state index in [1.54, 1.807) is 23.5 Å². The summed E-state index contributed by atoms with van der Waals surface area (Å²) in [7, 11) is 0. The molecular weight excluding hydrogens is 367 g/mol. The minimum absolute atomic E-state index is 0.0635. The maximum Gasteiger partial charge on any atom is 0.260 e. The first-order valence-corrected chi connectivity index (χ1v) is 10.5. The summed E-state index contributed by atoms with van der Waals surface area (Å²) in [5.41, 5.74) is 2.07. The van der Waals surface area contributed by atoms with Gasteiger partial charge in [-0.25, -0.2) is 9.37 Å². The van der Waals surface area contributed by atoms with Gasteiger partial charge in [0.2, 0.25) is 0 Å². The third kappa shape index (κ3) is 4.01. The van der Waals surface area contributed by atoms with E-state index in [9.17, 15) is 9.18 Å². The van der Waals surface area contributed by atoms with Gasteiger partial charge >= 0.3 is 0 Å². The smallest absolute Gasteiger partial charge is 0.260 e. The lowest BCUT2D eigenvalue weighted by Gasteiger charge is -2.11. The van der Waals surface area contributed by atoms with Crippen molar-refractivity contribution in [2.75, 3.05) is 0 Å². The molecule has 138 valence electrons. The molecule has 2 heterocycles. The number of nitrogens with zero attached hydrogens (tertiary/aromatic N) is 1. The number of hydrogen-bond donors (Lipinski definition) is 1. The monoisotopic (exact) mass is 390 g/mol. The maximum atomic E-state index is 13.1. The molecule has 0 aliphatic rings. The number of aromatic amines is 1. The summed E-state index contributed by atoms with van der Waals surface area (Å²) in [4.78, 5) is 22.3. The number of H-pyrrole nitrogens is 1. The molecule has 0 saturated carbocycles. The van der Waals surface area contributed by atoms with Crippen LogP contribution < -0.4 is 5.56 Å². The number of fused-ring (bicyclic) bond motifs is 1. The zero-order valence-electron chi connectivity index (χ0n) is 15.4. The summed E-state index contributed by atoms with van der Waals surface area (Å²) in [6, 6.07) is 6.44. The second-order valence-electron chi connectivity index (χ2n) is 6.72. The van der Waals surface area contributed by atoms with Crippen molar-refractivity contribution in [2.24, 2.45) is 5.92 Å². The van der Waals surface area contributed by atoms with Crippen molar-refractivity contribution in [1.82, 2.24) is 9.97 Å². The molecule has 6 heteroatoms. The standard InChI is InChI=1S/C20H23FN2OS2/c1-5-11(2)10-16-13(4)25-19-17(16)18(24)22-20(23-19)26-12(3)14-6-8-15(21)9-7-14/h6-9,11-12H,5,10H2,1-4H3,(H,22,23,24)/t11-,12+/m1/s1. The van der Waals surface area contributed by atoms with Gasteiger partial charge < -0.3 is 4.98 Å². The van der Waals surface area contributed by atoms with Gasteiger partial charge in [-0.05, 0) is 49.4 Å². The summed E-state index contributed by atoms with van der Waals surface area (Å²) in [5, 5.41) is 1.42. The van der Waals surface area contributed by atoms with Crippen LogP contribution in [-0.2, 0) is 6.42 Å². The summed E-state index contributed by atoms with van der Waals surface area (Å²) in [6.07, 6.45) is 2.00. The molecule has 3 rings (SSSR count). The number of nitrogens with one attached hydrogen (secondary N) is 1. The molecule has 2 atom stereocenters. The lowest BCUT2D eigenvalue weighted by Crippen LogP contribution is -2.11. The predicted molar refractivity (Wildman–Crippen MR) is 109 cm³/mol. The van der Waals surface area contributed by atoms with E-state index in [0.717, 1.165) is 34.2 Å². The lowest BCUT2D eigenvalue weighted by molar-refractivity contribution is 0.561. The average Bonchev–Trinajstić information content (AvgIpc) is 2.91. The Kier molecular flexibility index (Phi) is 5.82. The van der Waals surface area contributed by atoms with E-state index in [0.29, 0.717) is 11.1 Å². The third-order valence-corrected chi connectivity index (χ3v) is 6.80. The summed E-state index contributed by atoms with van der Waals surface area (Å²) in [5.74, 6) is 0.292. The van der Waals surface area contributed by atoms with Crippen molar-refractivity contribution in [1.29, 1.82) is 0 Å². The summed E-state index contributed by atoms with van der Waals surface area (Å²) < 4.78 is 13.1. The highest BCUT2D eigenvalue weighted by Crippen LogP contribution is 2.35. The number of thiophene rings is 1. The number of rotatable bonds is 6. The van der Waals surface area contributed by atoms with Gasteiger partial charge in [-0.2, -0.15) is 0 Å². The van der Waals surface area contributed by atoms with E-state index >= 15 is 0 Å². The molecule has 0 saturated heterocycles. The van der Waals surface area contributed by atoms with Crippen LogP contribution in [0.25, 0.3) is 10.2 Å². The zero-order chi connectivity index (χ0) is 18.8. The van der Waals surface area contributed by atoms with E-state index < -0.39 is 0 Å². The van der Waals surface area contributed by atoms with E-state index in [1.807, 2.05) is 6.92 Å². The van der Waals surface area contributed by atoms with Gasteiger partial charge in [-0.3, -0.25) is 4.79 Å². The molecule has 0 spiro atoms. The van der Waals surface area contributed by atoms with Crippen molar-refractivity contribution in [2.45, 2.75) is 50.9 Å². The Labute approximate surface area is 161 Å². The molecule has 0 aliphatic carbocycles. The van der Waals surface area contributed by atoms with Gasteiger partial charge in [0, 0.05) is 10.1 Å². The van der Waals surface area contributed by atoms with Crippen LogP contribution in [0.4, 0.5) is 4.39 Å². The van der Waals surface area contributed by atoms with Gasteiger partial charge in [-0.15, -0.1) is 11.3 Å². The second-order valence-corrected chi connectivity index (χ2v) is 9.25. The Balaban J connectivity index is 1.91. The zero-order valence-corrected chi connectivity index (χ0v) is 17.1. The van der Waals surface area contributed by atoms with Crippen LogP contribution in [0.1, 0.15) is 48.4 Å². The van der Waals surface area contributed by atoms with Crippen LogP contribution in [0.5, 0.6) is 0 Å². The number of aryl methyl sites for hydroxylation is 1. The fourth-order valence-corrected chi connectivity index (χ4v) is 4.95. The Morgan fingerprint density at radius 3 is 2.62 bits per heavy atom. The van der Waals surface area contributed by atoms with Crippen molar-refractivity contribution in [3.63, 3.8) is 0 Å². The Bertz CT molecular complexity index is 962. The molecule has 0 radical (unpaired) electrons. The fourth-order valence-electron chi connectivity index (χ4n) is 2.92. The van der Waals surface area contributed by atoms with E-state index in [2.05, 4.69) is 30.7 Å². The quantitative estimate of drug-likeness (QED) is 0.423. The first kappa shape index (κ1) is 19.1. The third-order valence-electron chi connectivity index (χ3n) is 4.72. The first-order valence-electron chi connectivity index (χ1n) is 8.83. The van der Waals surface area contributed by atoms with Crippen LogP contribution in [0.15, 0.2) is 34.2 Å². The van der Waals surface area contributed by atoms with Crippen molar-refractivity contribution >= 4 is 33.3 Å². The number of hydrogen-bond acceptors (Lipinski definition) is 4. The van der Waals surface area contributed by atoms with E-state index in [1.165, 1.54) is 28.8 Å². The molecule has 26 heavy (non-hydrogen) atoms. The molecule has 3 nitrogen and oxygen atoms in total. The SMILES string of the molecule is CC[C@@H](C)Cc1c(C)sc2nc(S[C@@H](C)c3ccc(F)cc3)[nH]c(=O)c12. The number of thioether (sulfide) groups is 1. The van der Waals surface area contributed by atoms with E-state index in [4.69, 9.17) is 0 Å². The number of aromatic nitrogens is 2. The topological polar surface area (TPSA) is 45.8 Å². The van der Waals surface area contributed by atoms with Crippen molar-refractivity contribution in [3.05, 3.63) is 56.4 Å². The highest BCUT2D eigenvalue weighted by Gasteiger charge is 2.18. The second kappa shape index (κ2) is 7.92. The van der Waals surface area contributed by atoms with Crippen molar-refractivity contribution in [3.8, 4) is 0 Å². The normalized spacial score (nSPS) is 13.9. The highest BCUT2D eigenvalue weighted by molar-refractivity contribution is 7.99. The average molecular weight is 391 g/mol. The lowest BCUT2D eigenvalue weighted by atomic mass is 9.98. The van der Waals surface area contributed by atoms with Crippen LogP contribution >= 0.6 is 23.1 Å². The fraction of sp³-hybridized carbons (Fsp3) is 0.400. The van der Waals surface area contributed by atoms with Gasteiger partial charge in [0.15, 0.2) is 5.16 Å². The highest BCUT2D eigenvalue weighted by atomic mass is 32.2. The molecule has 2 aromatic heterocycles. The Morgan fingerprint density at radius 1 is 1.27 bits per heavy atom. The summed E-state index contributed by atoms with van der Waals surface area (Å²) in [6.45, 7) is 8.47. The largest absolute Gasteiger partial charge is 0.301 e.